The van der Waals surface area contributed by atoms with E-state index in [1.54, 1.807) is 30.3 Å². The number of carbonyl (C=O) groups is 2. The molecular weight excluding hydrogens is 328 g/mol. The van der Waals surface area contributed by atoms with Crippen molar-refractivity contribution in [3.63, 3.8) is 0 Å². The second-order valence-electron chi connectivity index (χ2n) is 6.96. The Bertz CT molecular complexity index is 826. The lowest BCUT2D eigenvalue weighted by Gasteiger charge is -2.30. The number of nitrogens with zero attached hydrogens (tertiary/aromatic N) is 3. The van der Waals surface area contributed by atoms with Gasteiger partial charge in [-0.1, -0.05) is 19.1 Å². The van der Waals surface area contributed by atoms with E-state index in [-0.39, 0.29) is 11.7 Å². The van der Waals surface area contributed by atoms with E-state index in [4.69, 9.17) is 0 Å². The van der Waals surface area contributed by atoms with Gasteiger partial charge in [0.1, 0.15) is 5.69 Å². The summed E-state index contributed by atoms with van der Waals surface area (Å²) in [6.45, 7) is 7.44. The van der Waals surface area contributed by atoms with Crippen LogP contribution in [0.1, 0.15) is 53.2 Å². The molecule has 0 saturated carbocycles. The Morgan fingerprint density at radius 1 is 1.15 bits per heavy atom. The Morgan fingerprint density at radius 2 is 1.88 bits per heavy atom. The summed E-state index contributed by atoms with van der Waals surface area (Å²) >= 11 is 0. The lowest BCUT2D eigenvalue weighted by Crippen LogP contribution is -2.34. The number of aryl methyl sites for hydroxylation is 1. The molecule has 0 radical (unpaired) electrons. The highest BCUT2D eigenvalue weighted by Crippen LogP contribution is 2.21. The standard InChI is InChI=1S/C20H24N4O2/c1-13-7-9-24(10-8-13)20-21-14(2)11-18(23-20)19(26)22-17-6-4-5-16(12-17)15(3)25/h4-6,11-13H,7-10H2,1-3H3,(H,22,26). The van der Waals surface area contributed by atoms with Crippen molar-refractivity contribution >= 4 is 23.3 Å². The van der Waals surface area contributed by atoms with Crippen molar-refractivity contribution < 1.29 is 9.59 Å². The summed E-state index contributed by atoms with van der Waals surface area (Å²) in [5, 5.41) is 2.82. The minimum atomic E-state index is -0.303. The van der Waals surface area contributed by atoms with Crippen LogP contribution in [0.2, 0.25) is 0 Å². The van der Waals surface area contributed by atoms with Gasteiger partial charge in [0.15, 0.2) is 5.78 Å². The number of anilines is 2. The number of ketones is 1. The van der Waals surface area contributed by atoms with Gasteiger partial charge in [0, 0.05) is 30.0 Å². The maximum Gasteiger partial charge on any atom is 0.274 e. The zero-order valence-electron chi connectivity index (χ0n) is 15.5. The van der Waals surface area contributed by atoms with Crippen LogP contribution < -0.4 is 10.2 Å². The smallest absolute Gasteiger partial charge is 0.274 e. The molecule has 1 amide bonds. The third-order valence-corrected chi connectivity index (χ3v) is 4.67. The summed E-state index contributed by atoms with van der Waals surface area (Å²) in [6, 6.07) is 8.58. The summed E-state index contributed by atoms with van der Waals surface area (Å²) in [5.41, 5.74) is 2.23. The fourth-order valence-corrected chi connectivity index (χ4v) is 3.03. The SMILES string of the molecule is CC(=O)c1cccc(NC(=O)c2cc(C)nc(N3CCC(C)CC3)n2)c1. The molecule has 0 spiro atoms. The summed E-state index contributed by atoms with van der Waals surface area (Å²) < 4.78 is 0. The average molecular weight is 352 g/mol. The summed E-state index contributed by atoms with van der Waals surface area (Å²) in [6.07, 6.45) is 2.22. The first kappa shape index (κ1) is 18.0. The van der Waals surface area contributed by atoms with Crippen molar-refractivity contribution in [2.45, 2.75) is 33.6 Å². The normalized spacial score (nSPS) is 15.0. The molecule has 136 valence electrons. The number of aromatic nitrogens is 2. The van der Waals surface area contributed by atoms with E-state index in [1.807, 2.05) is 6.92 Å². The Hall–Kier alpha value is -2.76. The predicted molar refractivity (Wildman–Crippen MR) is 102 cm³/mol. The van der Waals surface area contributed by atoms with Crippen LogP contribution in [0.3, 0.4) is 0 Å². The average Bonchev–Trinajstić information content (AvgIpc) is 2.62. The third kappa shape index (κ3) is 4.25. The van der Waals surface area contributed by atoms with Gasteiger partial charge in [-0.05, 0) is 50.8 Å². The second-order valence-corrected chi connectivity index (χ2v) is 6.96. The molecular formula is C20H24N4O2. The molecule has 0 aliphatic carbocycles. The van der Waals surface area contributed by atoms with Gasteiger partial charge in [-0.3, -0.25) is 9.59 Å². The zero-order chi connectivity index (χ0) is 18.7. The lowest BCUT2D eigenvalue weighted by atomic mass is 10.00. The fraction of sp³-hybridized carbons (Fsp3) is 0.400. The van der Waals surface area contributed by atoms with E-state index in [0.29, 0.717) is 28.8 Å². The largest absolute Gasteiger partial charge is 0.341 e. The van der Waals surface area contributed by atoms with Crippen LogP contribution in [0.5, 0.6) is 0 Å². The molecule has 2 aromatic rings. The molecule has 1 aliphatic rings. The van der Waals surface area contributed by atoms with Gasteiger partial charge in [0.25, 0.3) is 5.91 Å². The highest BCUT2D eigenvalue weighted by Gasteiger charge is 2.20. The summed E-state index contributed by atoms with van der Waals surface area (Å²) in [7, 11) is 0. The van der Waals surface area contributed by atoms with Crippen molar-refractivity contribution in [1.29, 1.82) is 0 Å². The number of nitrogens with one attached hydrogen (secondary N) is 1. The van der Waals surface area contributed by atoms with E-state index in [0.717, 1.165) is 31.6 Å². The molecule has 0 atom stereocenters. The Labute approximate surface area is 153 Å². The van der Waals surface area contributed by atoms with Crippen molar-refractivity contribution in [2.24, 2.45) is 5.92 Å². The highest BCUT2D eigenvalue weighted by molar-refractivity contribution is 6.04. The molecule has 1 aromatic carbocycles. The van der Waals surface area contributed by atoms with Crippen molar-refractivity contribution in [3.05, 3.63) is 47.3 Å². The first-order valence-electron chi connectivity index (χ1n) is 8.95. The maximum absolute atomic E-state index is 12.6. The van der Waals surface area contributed by atoms with Gasteiger partial charge < -0.3 is 10.2 Å². The van der Waals surface area contributed by atoms with Gasteiger partial charge >= 0.3 is 0 Å². The minimum Gasteiger partial charge on any atom is -0.341 e. The third-order valence-electron chi connectivity index (χ3n) is 4.67. The van der Waals surface area contributed by atoms with Crippen LogP contribution in [-0.4, -0.2) is 34.7 Å². The molecule has 6 nitrogen and oxygen atoms in total. The van der Waals surface area contributed by atoms with Gasteiger partial charge in [0.05, 0.1) is 0 Å². The van der Waals surface area contributed by atoms with Crippen LogP contribution >= 0.6 is 0 Å². The minimum absolute atomic E-state index is 0.0411. The molecule has 0 bridgehead atoms. The number of amides is 1. The summed E-state index contributed by atoms with van der Waals surface area (Å²) in [5.74, 6) is 0.982. The van der Waals surface area contributed by atoms with Crippen LogP contribution in [0.15, 0.2) is 30.3 Å². The predicted octanol–water partition coefficient (Wildman–Crippen LogP) is 3.48. The van der Waals surface area contributed by atoms with Gasteiger partial charge in [-0.15, -0.1) is 0 Å². The Balaban J connectivity index is 1.79. The van der Waals surface area contributed by atoms with E-state index < -0.39 is 0 Å². The van der Waals surface area contributed by atoms with Crippen LogP contribution in [0.4, 0.5) is 11.6 Å². The van der Waals surface area contributed by atoms with E-state index in [2.05, 4.69) is 27.1 Å². The molecule has 26 heavy (non-hydrogen) atoms. The molecule has 1 fully saturated rings. The molecule has 0 unspecified atom stereocenters. The number of hydrogen-bond donors (Lipinski definition) is 1. The topological polar surface area (TPSA) is 75.2 Å². The van der Waals surface area contributed by atoms with Gasteiger partial charge in [-0.25, -0.2) is 9.97 Å². The monoisotopic (exact) mass is 352 g/mol. The number of benzene rings is 1. The van der Waals surface area contributed by atoms with E-state index in [1.165, 1.54) is 6.92 Å². The number of rotatable bonds is 4. The molecule has 2 heterocycles. The number of carbonyl (C=O) groups excluding carboxylic acids is 2. The van der Waals surface area contributed by atoms with Crippen LogP contribution in [0, 0.1) is 12.8 Å². The fourth-order valence-electron chi connectivity index (χ4n) is 3.03. The number of hydrogen-bond acceptors (Lipinski definition) is 5. The molecule has 1 saturated heterocycles. The molecule has 6 heteroatoms. The molecule has 1 aromatic heterocycles. The van der Waals surface area contributed by atoms with Crippen LogP contribution in [0.25, 0.3) is 0 Å². The highest BCUT2D eigenvalue weighted by atomic mass is 16.2. The molecule has 3 rings (SSSR count). The van der Waals surface area contributed by atoms with E-state index >= 15 is 0 Å². The lowest BCUT2D eigenvalue weighted by molar-refractivity contribution is 0.100. The first-order chi connectivity index (χ1) is 12.4. The zero-order valence-corrected chi connectivity index (χ0v) is 15.5. The number of Topliss-reactive ketones (excluding diaryl/α,β-unsaturated/α-hetero) is 1. The van der Waals surface area contributed by atoms with Crippen LogP contribution in [-0.2, 0) is 0 Å². The van der Waals surface area contributed by atoms with Gasteiger partial charge in [-0.2, -0.15) is 0 Å². The van der Waals surface area contributed by atoms with Gasteiger partial charge in [0.2, 0.25) is 5.95 Å². The second kappa shape index (κ2) is 7.64. The van der Waals surface area contributed by atoms with Crippen molar-refractivity contribution in [1.82, 2.24) is 9.97 Å². The number of piperidine rings is 1. The first-order valence-corrected chi connectivity index (χ1v) is 8.95. The maximum atomic E-state index is 12.6. The molecule has 1 N–H and O–H groups in total. The Morgan fingerprint density at radius 3 is 2.58 bits per heavy atom. The summed E-state index contributed by atoms with van der Waals surface area (Å²) in [4.78, 5) is 35.2. The quantitative estimate of drug-likeness (QED) is 0.853. The van der Waals surface area contributed by atoms with Crippen molar-refractivity contribution in [2.75, 3.05) is 23.3 Å². The van der Waals surface area contributed by atoms with E-state index in [9.17, 15) is 9.59 Å². The Kier molecular flexibility index (Phi) is 5.30. The van der Waals surface area contributed by atoms with Crippen molar-refractivity contribution in [3.8, 4) is 0 Å². The molecule has 1 aliphatic heterocycles.